The van der Waals surface area contributed by atoms with Crippen molar-refractivity contribution in [3.05, 3.63) is 59.7 Å². The summed E-state index contributed by atoms with van der Waals surface area (Å²) in [5.74, 6) is -1.27. The molecular formula is C24H29N3O6S. The number of benzene rings is 2. The summed E-state index contributed by atoms with van der Waals surface area (Å²) in [6, 6.07) is 11.9. The molecule has 9 nitrogen and oxygen atoms in total. The van der Waals surface area contributed by atoms with Crippen LogP contribution in [0.5, 0.6) is 5.75 Å². The van der Waals surface area contributed by atoms with E-state index < -0.39 is 45.9 Å². The highest BCUT2D eigenvalue weighted by molar-refractivity contribution is 7.90. The van der Waals surface area contributed by atoms with Crippen LogP contribution < -0.4 is 10.1 Å². The van der Waals surface area contributed by atoms with Crippen molar-refractivity contribution in [3.63, 3.8) is 0 Å². The molecule has 0 saturated carbocycles. The van der Waals surface area contributed by atoms with Gasteiger partial charge in [0.25, 0.3) is 15.9 Å². The van der Waals surface area contributed by atoms with Gasteiger partial charge in [0.2, 0.25) is 11.8 Å². The molecule has 1 heterocycles. The smallest absolute Gasteiger partial charge is 0.269 e. The van der Waals surface area contributed by atoms with E-state index in [0.717, 1.165) is 0 Å². The fourth-order valence-electron chi connectivity index (χ4n) is 3.63. The molecule has 2 aromatic rings. The molecule has 10 heteroatoms. The van der Waals surface area contributed by atoms with Crippen molar-refractivity contribution < 1.29 is 27.5 Å². The first-order valence-electron chi connectivity index (χ1n) is 10.8. The van der Waals surface area contributed by atoms with Crippen molar-refractivity contribution >= 4 is 27.7 Å². The lowest BCUT2D eigenvalue weighted by Gasteiger charge is -2.32. The van der Waals surface area contributed by atoms with Crippen molar-refractivity contribution in [2.75, 3.05) is 13.7 Å². The second-order valence-electron chi connectivity index (χ2n) is 9.10. The van der Waals surface area contributed by atoms with Crippen LogP contribution >= 0.6 is 0 Å². The Labute approximate surface area is 199 Å². The van der Waals surface area contributed by atoms with Gasteiger partial charge >= 0.3 is 0 Å². The van der Waals surface area contributed by atoms with Crippen LogP contribution in [-0.4, -0.2) is 60.6 Å². The van der Waals surface area contributed by atoms with Crippen LogP contribution in [0.2, 0.25) is 0 Å². The largest absolute Gasteiger partial charge is 0.497 e. The van der Waals surface area contributed by atoms with Crippen LogP contribution in [-0.2, 0) is 26.2 Å². The van der Waals surface area contributed by atoms with Crippen LogP contribution in [0.1, 0.15) is 43.6 Å². The Morgan fingerprint density at radius 2 is 1.79 bits per heavy atom. The van der Waals surface area contributed by atoms with E-state index >= 15 is 0 Å². The van der Waals surface area contributed by atoms with Gasteiger partial charge < -0.3 is 15.0 Å². The minimum atomic E-state index is -4.17. The minimum Gasteiger partial charge on any atom is -0.497 e. The molecule has 2 aromatic carbocycles. The second kappa shape index (κ2) is 9.46. The third-order valence-electron chi connectivity index (χ3n) is 5.34. The van der Waals surface area contributed by atoms with E-state index in [1.165, 1.54) is 30.2 Å². The quantitative estimate of drug-likeness (QED) is 0.641. The number of hydrogen-bond acceptors (Lipinski definition) is 6. The average molecular weight is 488 g/mol. The first kappa shape index (κ1) is 25.2. The van der Waals surface area contributed by atoms with Gasteiger partial charge in [0.15, 0.2) is 0 Å². The maximum Gasteiger partial charge on any atom is 0.269 e. The van der Waals surface area contributed by atoms with E-state index in [0.29, 0.717) is 15.6 Å². The SMILES string of the molecule is COc1cccc(CN(C(=O)CN2C(=O)c3ccccc3S2(=O)=O)C(C)C(=O)NC(C)(C)C)c1. The van der Waals surface area contributed by atoms with Crippen LogP contribution in [0.15, 0.2) is 53.4 Å². The summed E-state index contributed by atoms with van der Waals surface area (Å²) in [5, 5.41) is 2.84. The third kappa shape index (κ3) is 5.22. The van der Waals surface area contributed by atoms with Gasteiger partial charge in [-0.05, 0) is 57.5 Å². The van der Waals surface area contributed by atoms with Crippen molar-refractivity contribution in [1.82, 2.24) is 14.5 Å². The van der Waals surface area contributed by atoms with E-state index in [1.807, 2.05) is 20.8 Å². The molecular weight excluding hydrogens is 458 g/mol. The van der Waals surface area contributed by atoms with Gasteiger partial charge in [0.05, 0.1) is 12.7 Å². The topological polar surface area (TPSA) is 113 Å². The van der Waals surface area contributed by atoms with Crippen molar-refractivity contribution in [2.45, 2.75) is 50.7 Å². The zero-order valence-electron chi connectivity index (χ0n) is 19.9. The van der Waals surface area contributed by atoms with Gasteiger partial charge in [0.1, 0.15) is 23.2 Å². The fraction of sp³-hybridized carbons (Fsp3) is 0.375. The van der Waals surface area contributed by atoms with Crippen LogP contribution in [0.3, 0.4) is 0 Å². The Balaban J connectivity index is 1.91. The highest BCUT2D eigenvalue weighted by atomic mass is 32.2. The summed E-state index contributed by atoms with van der Waals surface area (Å²) in [6.07, 6.45) is 0. The number of nitrogens with zero attached hydrogens (tertiary/aromatic N) is 2. The molecule has 1 unspecified atom stereocenters. The molecule has 3 amide bonds. The third-order valence-corrected chi connectivity index (χ3v) is 7.13. The van der Waals surface area contributed by atoms with Gasteiger partial charge in [-0.3, -0.25) is 14.4 Å². The molecule has 1 N–H and O–H groups in total. The van der Waals surface area contributed by atoms with E-state index in [1.54, 1.807) is 37.3 Å². The Kier molecular flexibility index (Phi) is 7.02. The number of sulfonamides is 1. The molecule has 0 aromatic heterocycles. The second-order valence-corrected chi connectivity index (χ2v) is 10.9. The lowest BCUT2D eigenvalue weighted by Crippen LogP contribution is -2.54. The number of carbonyl (C=O) groups excluding carboxylic acids is 3. The van der Waals surface area contributed by atoms with Gasteiger partial charge in [-0.1, -0.05) is 24.3 Å². The first-order chi connectivity index (χ1) is 15.8. The lowest BCUT2D eigenvalue weighted by atomic mass is 10.1. The Morgan fingerprint density at radius 3 is 2.41 bits per heavy atom. The molecule has 3 rings (SSSR count). The average Bonchev–Trinajstić information content (AvgIpc) is 2.96. The van der Waals surface area contributed by atoms with Crippen LogP contribution in [0, 0.1) is 0 Å². The fourth-order valence-corrected chi connectivity index (χ4v) is 5.14. The summed E-state index contributed by atoms with van der Waals surface area (Å²) in [4.78, 5) is 40.2. The number of hydrogen-bond donors (Lipinski definition) is 1. The van der Waals surface area contributed by atoms with Crippen molar-refractivity contribution in [1.29, 1.82) is 0 Å². The zero-order chi connectivity index (χ0) is 25.3. The summed E-state index contributed by atoms with van der Waals surface area (Å²) in [7, 11) is -2.65. The zero-order valence-corrected chi connectivity index (χ0v) is 20.7. The predicted octanol–water partition coefficient (Wildman–Crippen LogP) is 2.17. The molecule has 0 radical (unpaired) electrons. The number of methoxy groups -OCH3 is 1. The Morgan fingerprint density at radius 1 is 1.12 bits per heavy atom. The Bertz CT molecular complexity index is 1220. The molecule has 0 spiro atoms. The molecule has 1 aliphatic heterocycles. The van der Waals surface area contributed by atoms with Gasteiger partial charge in [0, 0.05) is 12.1 Å². The lowest BCUT2D eigenvalue weighted by molar-refractivity contribution is -0.141. The normalized spacial score (nSPS) is 15.4. The number of carbonyl (C=O) groups is 3. The van der Waals surface area contributed by atoms with Gasteiger partial charge in [-0.15, -0.1) is 0 Å². The number of amides is 3. The molecule has 182 valence electrons. The highest BCUT2D eigenvalue weighted by Gasteiger charge is 2.43. The number of fused-ring (bicyclic) bond motifs is 1. The molecule has 0 aliphatic carbocycles. The summed E-state index contributed by atoms with van der Waals surface area (Å²) < 4.78 is 31.7. The predicted molar refractivity (Wildman–Crippen MR) is 126 cm³/mol. The number of rotatable bonds is 7. The molecule has 1 atom stereocenters. The summed E-state index contributed by atoms with van der Waals surface area (Å²) in [5.41, 5.74) is 0.168. The molecule has 34 heavy (non-hydrogen) atoms. The first-order valence-corrected chi connectivity index (χ1v) is 12.2. The van der Waals surface area contributed by atoms with Crippen molar-refractivity contribution in [3.8, 4) is 5.75 Å². The summed E-state index contributed by atoms with van der Waals surface area (Å²) in [6.45, 7) is 6.32. The van der Waals surface area contributed by atoms with E-state index in [-0.39, 0.29) is 17.0 Å². The van der Waals surface area contributed by atoms with Crippen molar-refractivity contribution in [2.24, 2.45) is 0 Å². The molecule has 1 aliphatic rings. The van der Waals surface area contributed by atoms with Gasteiger partial charge in [-0.2, -0.15) is 0 Å². The van der Waals surface area contributed by atoms with E-state index in [9.17, 15) is 22.8 Å². The van der Waals surface area contributed by atoms with Crippen LogP contribution in [0.25, 0.3) is 0 Å². The molecule has 0 saturated heterocycles. The number of ether oxygens (including phenoxy) is 1. The Hall–Kier alpha value is -3.40. The van der Waals surface area contributed by atoms with E-state index in [2.05, 4.69) is 5.32 Å². The number of nitrogens with one attached hydrogen (secondary N) is 1. The maximum absolute atomic E-state index is 13.4. The van der Waals surface area contributed by atoms with Crippen LogP contribution in [0.4, 0.5) is 0 Å². The van der Waals surface area contributed by atoms with Gasteiger partial charge in [-0.25, -0.2) is 12.7 Å². The van der Waals surface area contributed by atoms with E-state index in [4.69, 9.17) is 4.74 Å². The molecule has 0 bridgehead atoms. The monoisotopic (exact) mass is 487 g/mol. The molecule has 0 fully saturated rings. The highest BCUT2D eigenvalue weighted by Crippen LogP contribution is 2.30. The standard InChI is InChI=1S/C24H29N3O6S/c1-16(22(29)25-24(2,3)4)26(14-17-9-8-10-18(13-17)33-5)21(28)15-27-23(30)19-11-6-7-12-20(19)34(27,31)32/h6-13,16H,14-15H2,1-5H3,(H,25,29). The minimum absolute atomic E-state index is 0.0176. The summed E-state index contributed by atoms with van der Waals surface area (Å²) >= 11 is 0. The maximum atomic E-state index is 13.4.